The zero-order valence-electron chi connectivity index (χ0n) is 8.33. The molecule has 1 aromatic rings. The third kappa shape index (κ3) is 3.31. The van der Waals surface area contributed by atoms with Crippen molar-refractivity contribution in [3.63, 3.8) is 0 Å². The van der Waals surface area contributed by atoms with Crippen LogP contribution in [0.5, 0.6) is 0 Å². The predicted octanol–water partition coefficient (Wildman–Crippen LogP) is 0.683. The second kappa shape index (κ2) is 5.61. The second-order valence-corrected chi connectivity index (χ2v) is 4.29. The lowest BCUT2D eigenvalue weighted by atomic mass is 10.1. The van der Waals surface area contributed by atoms with Gasteiger partial charge < -0.3 is 15.3 Å². The molecule has 16 heavy (non-hydrogen) atoms. The van der Waals surface area contributed by atoms with Crippen LogP contribution in [0.25, 0.3) is 0 Å². The summed E-state index contributed by atoms with van der Waals surface area (Å²) in [6, 6.07) is 3.29. The van der Waals surface area contributed by atoms with Crippen molar-refractivity contribution in [1.82, 2.24) is 0 Å². The van der Waals surface area contributed by atoms with Crippen LogP contribution in [-0.4, -0.2) is 27.4 Å². The zero-order chi connectivity index (χ0) is 12.1. The highest BCUT2D eigenvalue weighted by Gasteiger charge is 2.19. The molecule has 3 N–H and O–H groups in total. The first-order valence-corrected chi connectivity index (χ1v) is 5.44. The highest BCUT2D eigenvalue weighted by Crippen LogP contribution is 2.24. The van der Waals surface area contributed by atoms with Gasteiger partial charge in [0.05, 0.1) is 25.0 Å². The maximum absolute atomic E-state index is 10.4. The minimum absolute atomic E-state index is 0.105. The molecule has 0 aromatic carbocycles. The number of rotatable bonds is 5. The molecule has 0 radical (unpaired) electrons. The molecule has 0 amide bonds. The molecule has 0 bridgehead atoms. The Balaban J connectivity index is 2.70. The van der Waals surface area contributed by atoms with E-state index in [0.717, 1.165) is 0 Å². The second-order valence-electron chi connectivity index (χ2n) is 3.29. The van der Waals surface area contributed by atoms with Crippen LogP contribution in [0.2, 0.25) is 0 Å². The molecule has 0 aliphatic heterocycles. The van der Waals surface area contributed by atoms with Crippen molar-refractivity contribution in [2.24, 2.45) is 0 Å². The number of carboxylic acid groups (broad SMARTS) is 1. The molecule has 2 atom stereocenters. The largest absolute Gasteiger partial charge is 0.481 e. The van der Waals surface area contributed by atoms with Crippen LogP contribution >= 0.6 is 11.3 Å². The van der Waals surface area contributed by atoms with Gasteiger partial charge in [-0.1, -0.05) is 0 Å². The third-order valence-electron chi connectivity index (χ3n) is 2.01. The Morgan fingerprint density at radius 1 is 1.56 bits per heavy atom. The van der Waals surface area contributed by atoms with E-state index in [-0.39, 0.29) is 12.8 Å². The number of nitriles is 1. The lowest BCUT2D eigenvalue weighted by Crippen LogP contribution is -2.16. The van der Waals surface area contributed by atoms with Gasteiger partial charge in [0.25, 0.3) is 0 Å². The van der Waals surface area contributed by atoms with Crippen LogP contribution in [0.15, 0.2) is 11.4 Å². The normalized spacial score (nSPS) is 14.1. The predicted molar refractivity (Wildman–Crippen MR) is 56.9 cm³/mol. The Kier molecular flexibility index (Phi) is 4.43. The van der Waals surface area contributed by atoms with Gasteiger partial charge in [-0.3, -0.25) is 4.79 Å². The van der Waals surface area contributed by atoms with Gasteiger partial charge in [-0.15, -0.1) is 11.3 Å². The Hall–Kier alpha value is -1.42. The molecular weight excluding hydrogens is 230 g/mol. The lowest BCUT2D eigenvalue weighted by molar-refractivity contribution is -0.136. The summed E-state index contributed by atoms with van der Waals surface area (Å²) in [7, 11) is 0. The van der Waals surface area contributed by atoms with Crippen molar-refractivity contribution in [1.29, 1.82) is 5.26 Å². The lowest BCUT2D eigenvalue weighted by Gasteiger charge is -2.13. The number of aliphatic hydroxyl groups is 2. The molecule has 1 heterocycles. The molecule has 2 unspecified atom stereocenters. The van der Waals surface area contributed by atoms with E-state index in [1.54, 1.807) is 11.4 Å². The van der Waals surface area contributed by atoms with E-state index >= 15 is 0 Å². The minimum atomic E-state index is -1.14. The fraction of sp³-hybridized carbons (Fsp3) is 0.400. The number of hydrogen-bond acceptors (Lipinski definition) is 5. The van der Waals surface area contributed by atoms with Crippen LogP contribution in [0.3, 0.4) is 0 Å². The summed E-state index contributed by atoms with van der Waals surface area (Å²) < 4.78 is 0. The van der Waals surface area contributed by atoms with Crippen molar-refractivity contribution in [2.75, 3.05) is 0 Å². The van der Waals surface area contributed by atoms with E-state index in [4.69, 9.17) is 10.4 Å². The van der Waals surface area contributed by atoms with Crippen molar-refractivity contribution in [2.45, 2.75) is 25.0 Å². The summed E-state index contributed by atoms with van der Waals surface area (Å²) in [4.78, 5) is 11.0. The fourth-order valence-electron chi connectivity index (χ4n) is 1.22. The number of hydrogen-bond donors (Lipinski definition) is 3. The van der Waals surface area contributed by atoms with E-state index in [2.05, 4.69) is 0 Å². The number of nitrogens with zero attached hydrogens (tertiary/aromatic N) is 1. The van der Waals surface area contributed by atoms with Crippen LogP contribution in [0.4, 0.5) is 0 Å². The van der Waals surface area contributed by atoms with Crippen molar-refractivity contribution in [3.05, 3.63) is 21.9 Å². The number of carboxylic acids is 1. The Morgan fingerprint density at radius 2 is 2.25 bits per heavy atom. The number of aliphatic carboxylic acids is 1. The fourth-order valence-corrected chi connectivity index (χ4v) is 2.13. The summed E-state index contributed by atoms with van der Waals surface area (Å²) in [6.45, 7) is 0. The van der Waals surface area contributed by atoms with Crippen LogP contribution in [0, 0.1) is 11.3 Å². The van der Waals surface area contributed by atoms with E-state index in [9.17, 15) is 15.0 Å². The van der Waals surface area contributed by atoms with Gasteiger partial charge in [-0.2, -0.15) is 5.26 Å². The van der Waals surface area contributed by atoms with Gasteiger partial charge >= 0.3 is 5.97 Å². The molecule has 1 rings (SSSR count). The molecule has 0 saturated carbocycles. The van der Waals surface area contributed by atoms with Gasteiger partial charge in [0.15, 0.2) is 0 Å². The van der Waals surface area contributed by atoms with E-state index in [1.165, 1.54) is 17.4 Å². The van der Waals surface area contributed by atoms with Gasteiger partial charge in [0.1, 0.15) is 6.10 Å². The van der Waals surface area contributed by atoms with Gasteiger partial charge in [-0.05, 0) is 17.0 Å². The maximum Gasteiger partial charge on any atom is 0.308 e. The van der Waals surface area contributed by atoms with E-state index in [0.29, 0.717) is 10.4 Å². The summed E-state index contributed by atoms with van der Waals surface area (Å²) in [5.74, 6) is -0.944. The number of thiophene rings is 1. The molecule has 5 nitrogen and oxygen atoms in total. The summed E-state index contributed by atoms with van der Waals surface area (Å²) in [6.07, 6.45) is -2.55. The highest BCUT2D eigenvalue weighted by molar-refractivity contribution is 7.10. The summed E-state index contributed by atoms with van der Waals surface area (Å²) in [5, 5.41) is 37.5. The van der Waals surface area contributed by atoms with Crippen molar-refractivity contribution >= 4 is 17.3 Å². The van der Waals surface area contributed by atoms with Crippen LogP contribution < -0.4 is 0 Å². The van der Waals surface area contributed by atoms with Crippen molar-refractivity contribution in [3.8, 4) is 6.07 Å². The topological polar surface area (TPSA) is 102 Å². The first-order valence-electron chi connectivity index (χ1n) is 4.56. The van der Waals surface area contributed by atoms with Crippen LogP contribution in [0.1, 0.15) is 23.0 Å². The van der Waals surface area contributed by atoms with E-state index < -0.39 is 18.2 Å². The molecular formula is C10H11NO4S. The first kappa shape index (κ1) is 12.6. The number of aliphatic hydroxyl groups excluding tert-OH is 2. The molecule has 86 valence electrons. The SMILES string of the molecule is N#CCC(O)C(O)c1csc(CC(=O)O)c1. The van der Waals surface area contributed by atoms with Gasteiger partial charge in [0, 0.05) is 4.88 Å². The quantitative estimate of drug-likeness (QED) is 0.703. The highest BCUT2D eigenvalue weighted by atomic mass is 32.1. The van der Waals surface area contributed by atoms with Crippen molar-refractivity contribution < 1.29 is 20.1 Å². The molecule has 0 spiro atoms. The van der Waals surface area contributed by atoms with E-state index in [1.807, 2.05) is 0 Å². The smallest absolute Gasteiger partial charge is 0.308 e. The zero-order valence-corrected chi connectivity index (χ0v) is 9.15. The molecule has 0 fully saturated rings. The summed E-state index contributed by atoms with van der Waals surface area (Å²) >= 11 is 1.21. The molecule has 0 aliphatic rings. The number of carbonyl (C=O) groups is 1. The first-order chi connectivity index (χ1) is 7.54. The minimum Gasteiger partial charge on any atom is -0.481 e. The molecule has 0 saturated heterocycles. The van der Waals surface area contributed by atoms with Crippen LogP contribution in [-0.2, 0) is 11.2 Å². The summed E-state index contributed by atoms with van der Waals surface area (Å²) in [5.41, 5.74) is 0.448. The van der Waals surface area contributed by atoms with Gasteiger partial charge in [-0.25, -0.2) is 0 Å². The third-order valence-corrected chi connectivity index (χ3v) is 2.96. The maximum atomic E-state index is 10.4. The Morgan fingerprint density at radius 3 is 2.81 bits per heavy atom. The average Bonchev–Trinajstić information content (AvgIpc) is 2.64. The Bertz CT molecular complexity index is 409. The Labute approximate surface area is 96.2 Å². The molecule has 1 aromatic heterocycles. The standard InChI is InChI=1S/C10H11NO4S/c11-2-1-8(12)10(15)6-3-7(16-5-6)4-9(13)14/h3,5,8,10,12,15H,1,4H2,(H,13,14). The monoisotopic (exact) mass is 241 g/mol. The van der Waals surface area contributed by atoms with Gasteiger partial charge in [0.2, 0.25) is 0 Å². The average molecular weight is 241 g/mol. The molecule has 6 heteroatoms. The molecule has 0 aliphatic carbocycles.